The molecule has 2 aromatic heterocycles. The van der Waals surface area contributed by atoms with E-state index in [-0.39, 0.29) is 24.4 Å². The van der Waals surface area contributed by atoms with Gasteiger partial charge in [0.2, 0.25) is 5.91 Å². The first-order valence-corrected chi connectivity index (χ1v) is 11.0. The molecule has 0 spiro atoms. The lowest BCUT2D eigenvalue weighted by atomic mass is 9.93. The van der Waals surface area contributed by atoms with Crippen LogP contribution >= 0.6 is 0 Å². The van der Waals surface area contributed by atoms with Crippen molar-refractivity contribution in [1.29, 1.82) is 0 Å². The fourth-order valence-corrected chi connectivity index (χ4v) is 4.85. The van der Waals surface area contributed by atoms with Gasteiger partial charge in [0.25, 0.3) is 5.91 Å². The number of hydrogen-bond donors (Lipinski definition) is 1. The Morgan fingerprint density at radius 2 is 1.81 bits per heavy atom. The molecule has 1 aliphatic heterocycles. The Balaban J connectivity index is 1.55. The Hall–Kier alpha value is -3.28. The van der Waals surface area contributed by atoms with Crippen molar-refractivity contribution in [3.8, 4) is 11.3 Å². The highest BCUT2D eigenvalue weighted by molar-refractivity contribution is 6.00. The Bertz CT molecular complexity index is 1080. The molecular formula is C25H27N3O3. The molecule has 2 aliphatic rings. The molecule has 1 N–H and O–H groups in total. The van der Waals surface area contributed by atoms with Crippen LogP contribution in [0.4, 0.5) is 0 Å². The van der Waals surface area contributed by atoms with E-state index in [1.807, 2.05) is 60.0 Å². The van der Waals surface area contributed by atoms with Gasteiger partial charge < -0.3 is 19.2 Å². The van der Waals surface area contributed by atoms with Gasteiger partial charge in [0.05, 0.1) is 19.4 Å². The van der Waals surface area contributed by atoms with Crippen LogP contribution in [0.3, 0.4) is 0 Å². The summed E-state index contributed by atoms with van der Waals surface area (Å²) in [4.78, 5) is 28.9. The van der Waals surface area contributed by atoms with E-state index in [2.05, 4.69) is 5.32 Å². The van der Waals surface area contributed by atoms with E-state index in [0.717, 1.165) is 36.9 Å². The average molecular weight is 418 g/mol. The predicted molar refractivity (Wildman–Crippen MR) is 117 cm³/mol. The minimum absolute atomic E-state index is 0.0994. The molecule has 6 heteroatoms. The lowest BCUT2D eigenvalue weighted by molar-refractivity contribution is -0.134. The molecule has 0 unspecified atom stereocenters. The number of rotatable bonds is 5. The first kappa shape index (κ1) is 19.7. The zero-order chi connectivity index (χ0) is 21.4. The number of carbonyl (C=O) groups excluding carboxylic acids is 2. The molecule has 1 aromatic carbocycles. The second-order valence-corrected chi connectivity index (χ2v) is 8.76. The first-order valence-electron chi connectivity index (χ1n) is 11.0. The van der Waals surface area contributed by atoms with Crippen LogP contribution in [-0.4, -0.2) is 32.9 Å². The van der Waals surface area contributed by atoms with Crippen molar-refractivity contribution in [3.63, 3.8) is 0 Å². The normalized spacial score (nSPS) is 21.3. The van der Waals surface area contributed by atoms with Gasteiger partial charge in [0.15, 0.2) is 0 Å². The molecule has 1 atom stereocenters. The van der Waals surface area contributed by atoms with Gasteiger partial charge in [-0.15, -0.1) is 0 Å². The zero-order valence-electron chi connectivity index (χ0n) is 17.7. The molecule has 0 saturated heterocycles. The van der Waals surface area contributed by atoms with Gasteiger partial charge in [-0.1, -0.05) is 43.2 Å². The molecule has 0 radical (unpaired) electrons. The van der Waals surface area contributed by atoms with Crippen molar-refractivity contribution in [2.45, 2.75) is 57.3 Å². The molecule has 1 fully saturated rings. The van der Waals surface area contributed by atoms with Gasteiger partial charge in [-0.25, -0.2) is 0 Å². The number of furan rings is 1. The largest absolute Gasteiger partial charge is 0.467 e. The van der Waals surface area contributed by atoms with Crippen LogP contribution in [-0.2, 0) is 17.9 Å². The standard InChI is InChI=1S/C25H27N3O3/c1-25(24(30)26-19-10-5-6-11-19)17-27-21(18-8-3-2-4-9-18)13-14-22(27)23(29)28(25)16-20-12-7-15-31-20/h2-4,7-9,12-15,19H,5-6,10-11,16-17H2,1H3,(H,26,30)/t25-/m1/s1. The molecule has 2 amide bonds. The van der Waals surface area contributed by atoms with Gasteiger partial charge >= 0.3 is 0 Å². The second kappa shape index (κ2) is 7.76. The van der Waals surface area contributed by atoms with Crippen LogP contribution in [0.15, 0.2) is 65.3 Å². The number of hydrogen-bond acceptors (Lipinski definition) is 3. The Kier molecular flexibility index (Phi) is 4.93. The second-order valence-electron chi connectivity index (χ2n) is 8.76. The van der Waals surface area contributed by atoms with Crippen LogP contribution < -0.4 is 5.32 Å². The maximum absolute atomic E-state index is 13.6. The van der Waals surface area contributed by atoms with E-state index in [4.69, 9.17) is 4.42 Å². The number of fused-ring (bicyclic) bond motifs is 1. The molecule has 5 rings (SSSR count). The summed E-state index contributed by atoms with van der Waals surface area (Å²) in [5, 5.41) is 3.22. The monoisotopic (exact) mass is 417 g/mol. The number of aromatic nitrogens is 1. The van der Waals surface area contributed by atoms with Gasteiger partial charge in [-0.2, -0.15) is 0 Å². The van der Waals surface area contributed by atoms with Crippen molar-refractivity contribution >= 4 is 11.8 Å². The number of carbonyl (C=O) groups is 2. The third-order valence-corrected chi connectivity index (χ3v) is 6.65. The van der Waals surface area contributed by atoms with Crippen molar-refractivity contribution < 1.29 is 14.0 Å². The van der Waals surface area contributed by atoms with E-state index in [0.29, 0.717) is 18.0 Å². The molecule has 160 valence electrons. The zero-order valence-corrected chi connectivity index (χ0v) is 17.7. The van der Waals surface area contributed by atoms with E-state index < -0.39 is 5.54 Å². The number of nitrogens with zero attached hydrogens (tertiary/aromatic N) is 2. The summed E-state index contributed by atoms with van der Waals surface area (Å²) >= 11 is 0. The quantitative estimate of drug-likeness (QED) is 0.676. The lowest BCUT2D eigenvalue weighted by Crippen LogP contribution is -2.64. The van der Waals surface area contributed by atoms with Crippen LogP contribution in [0.2, 0.25) is 0 Å². The van der Waals surface area contributed by atoms with Crippen LogP contribution in [0.5, 0.6) is 0 Å². The topological polar surface area (TPSA) is 67.5 Å². The Morgan fingerprint density at radius 3 is 2.52 bits per heavy atom. The summed E-state index contributed by atoms with van der Waals surface area (Å²) < 4.78 is 7.51. The molecule has 3 heterocycles. The minimum atomic E-state index is -1.03. The van der Waals surface area contributed by atoms with Gasteiger partial charge in [-0.05, 0) is 49.6 Å². The van der Waals surface area contributed by atoms with Crippen molar-refractivity contribution in [1.82, 2.24) is 14.8 Å². The van der Waals surface area contributed by atoms with Gasteiger partial charge in [0, 0.05) is 11.7 Å². The fourth-order valence-electron chi connectivity index (χ4n) is 4.85. The average Bonchev–Trinajstić information content (AvgIpc) is 3.54. The summed E-state index contributed by atoms with van der Waals surface area (Å²) in [5.41, 5.74) is 1.54. The molecule has 1 saturated carbocycles. The maximum Gasteiger partial charge on any atom is 0.271 e. The summed E-state index contributed by atoms with van der Waals surface area (Å²) in [7, 11) is 0. The van der Waals surface area contributed by atoms with Crippen LogP contribution in [0.25, 0.3) is 11.3 Å². The minimum Gasteiger partial charge on any atom is -0.467 e. The third-order valence-electron chi connectivity index (χ3n) is 6.65. The molecule has 31 heavy (non-hydrogen) atoms. The summed E-state index contributed by atoms with van der Waals surface area (Å²) in [6, 6.07) is 17.6. The van der Waals surface area contributed by atoms with E-state index in [1.54, 1.807) is 17.2 Å². The Morgan fingerprint density at radius 1 is 1.06 bits per heavy atom. The smallest absolute Gasteiger partial charge is 0.271 e. The molecule has 3 aromatic rings. The van der Waals surface area contributed by atoms with Gasteiger partial charge in [-0.3, -0.25) is 9.59 Å². The number of nitrogens with one attached hydrogen (secondary N) is 1. The third kappa shape index (κ3) is 3.46. The van der Waals surface area contributed by atoms with E-state index in [1.165, 1.54) is 0 Å². The highest BCUT2D eigenvalue weighted by Gasteiger charge is 2.48. The maximum atomic E-state index is 13.6. The highest BCUT2D eigenvalue weighted by Crippen LogP contribution is 2.34. The lowest BCUT2D eigenvalue weighted by Gasteiger charge is -2.44. The predicted octanol–water partition coefficient (Wildman–Crippen LogP) is 4.22. The summed E-state index contributed by atoms with van der Waals surface area (Å²) in [6.07, 6.45) is 5.86. The number of amides is 2. The number of benzene rings is 1. The SMILES string of the molecule is C[C@]1(C(=O)NC2CCCC2)Cn2c(ccc2-c2ccccc2)C(=O)N1Cc1ccco1. The van der Waals surface area contributed by atoms with Crippen molar-refractivity contribution in [3.05, 3.63) is 72.3 Å². The van der Waals surface area contributed by atoms with Crippen LogP contribution in [0.1, 0.15) is 48.9 Å². The fraction of sp³-hybridized carbons (Fsp3) is 0.360. The van der Waals surface area contributed by atoms with E-state index in [9.17, 15) is 9.59 Å². The van der Waals surface area contributed by atoms with E-state index >= 15 is 0 Å². The van der Waals surface area contributed by atoms with Crippen molar-refractivity contribution in [2.24, 2.45) is 0 Å². The molecule has 0 bridgehead atoms. The summed E-state index contributed by atoms with van der Waals surface area (Å²) in [6.45, 7) is 2.52. The molecule has 6 nitrogen and oxygen atoms in total. The Labute approximate surface area is 181 Å². The molecular weight excluding hydrogens is 390 g/mol. The first-order chi connectivity index (χ1) is 15.1. The highest BCUT2D eigenvalue weighted by atomic mass is 16.3. The van der Waals surface area contributed by atoms with Crippen LogP contribution in [0, 0.1) is 0 Å². The van der Waals surface area contributed by atoms with Crippen molar-refractivity contribution in [2.75, 3.05) is 0 Å². The molecule has 1 aliphatic carbocycles. The summed E-state index contributed by atoms with van der Waals surface area (Å²) in [5.74, 6) is 0.406. The van der Waals surface area contributed by atoms with Gasteiger partial charge in [0.1, 0.15) is 17.0 Å².